The van der Waals surface area contributed by atoms with E-state index in [1.165, 1.54) is 0 Å². The number of hydrogen-bond acceptors (Lipinski definition) is 2. The summed E-state index contributed by atoms with van der Waals surface area (Å²) in [4.78, 5) is 17.7. The van der Waals surface area contributed by atoms with E-state index >= 15 is 0 Å². The van der Waals surface area contributed by atoms with E-state index in [0.717, 1.165) is 0 Å². The van der Waals surface area contributed by atoms with Crippen LogP contribution in [0.2, 0.25) is 0 Å². The fourth-order valence-corrected chi connectivity index (χ4v) is 0. The topological polar surface area (TPSA) is 54.4 Å². The fourth-order valence-electron chi connectivity index (χ4n) is 0. The van der Waals surface area contributed by atoms with Gasteiger partial charge in [0.1, 0.15) is 0 Å². The van der Waals surface area contributed by atoms with Gasteiger partial charge in [0.25, 0.3) is 0 Å². The summed E-state index contributed by atoms with van der Waals surface area (Å²) in [5, 5.41) is 7.30. The number of hydrogen-bond donors (Lipinski definition) is 1. The predicted octanol–water partition coefficient (Wildman–Crippen LogP) is -0.822. The molecule has 0 aromatic rings. The summed E-state index contributed by atoms with van der Waals surface area (Å²) >= 11 is 0. The first-order chi connectivity index (χ1) is 2.27. The standard InChI is InChI=1S/C2HO3.Pt/c3-1-2(4)5;/h(H,4,5);/q-1;. The van der Waals surface area contributed by atoms with Gasteiger partial charge in [-0.15, -0.1) is 0 Å². The van der Waals surface area contributed by atoms with Crippen molar-refractivity contribution in [1.29, 1.82) is 0 Å². The summed E-state index contributed by atoms with van der Waals surface area (Å²) in [5.74, 6) is -1.55. The van der Waals surface area contributed by atoms with Crippen LogP contribution in [0.25, 0.3) is 0 Å². The van der Waals surface area contributed by atoms with Crippen molar-refractivity contribution in [2.45, 2.75) is 0 Å². The molecule has 1 N–H and O–H groups in total. The molecule has 0 bridgehead atoms. The van der Waals surface area contributed by atoms with Gasteiger partial charge in [-0.25, -0.2) is 0 Å². The minimum Gasteiger partial charge on any atom is -0.531 e. The van der Waals surface area contributed by atoms with E-state index in [2.05, 4.69) is 0 Å². The first-order valence-electron chi connectivity index (χ1n) is 0.882. The quantitative estimate of drug-likeness (QED) is 0.499. The Hall–Kier alpha value is -0.172. The van der Waals surface area contributed by atoms with Gasteiger partial charge in [0.05, 0.1) is 0 Å². The molecule has 0 unspecified atom stereocenters. The molecule has 6 heavy (non-hydrogen) atoms. The third kappa shape index (κ3) is 9.16. The Bertz CT molecular complexity index is 59.8. The van der Waals surface area contributed by atoms with Crippen LogP contribution in [0.4, 0.5) is 0 Å². The van der Waals surface area contributed by atoms with E-state index in [-0.39, 0.29) is 21.1 Å². The summed E-state index contributed by atoms with van der Waals surface area (Å²) in [6.07, 6.45) is 0.694. The van der Waals surface area contributed by atoms with E-state index in [0.29, 0.717) is 6.29 Å². The Kier molecular flexibility index (Phi) is 7.46. The normalized spacial score (nSPS) is 5.33. The fraction of sp³-hybridized carbons (Fsp3) is 0. The monoisotopic (exact) mass is 268 g/mol. The molecule has 4 heteroatoms. The van der Waals surface area contributed by atoms with Gasteiger partial charge in [-0.3, -0.25) is 4.79 Å². The molecule has 0 saturated heterocycles. The Morgan fingerprint density at radius 3 is 1.83 bits per heavy atom. The molecule has 0 rings (SSSR count). The Balaban J connectivity index is 0. The summed E-state index contributed by atoms with van der Waals surface area (Å²) in [6.45, 7) is 0. The van der Waals surface area contributed by atoms with Crippen molar-refractivity contribution in [3.63, 3.8) is 0 Å². The molecule has 0 radical (unpaired) electrons. The molecular formula is C2HO3Pt-. The Labute approximate surface area is 48.6 Å². The maximum atomic E-state index is 8.94. The van der Waals surface area contributed by atoms with Crippen molar-refractivity contribution < 1.29 is 35.8 Å². The number of aliphatic carboxylic acids is 1. The van der Waals surface area contributed by atoms with E-state index < -0.39 is 5.97 Å². The van der Waals surface area contributed by atoms with Gasteiger partial charge in [0.2, 0.25) is 0 Å². The number of carbonyl (C=O) groups excluding carboxylic acids is 1. The van der Waals surface area contributed by atoms with Crippen LogP contribution in [0.1, 0.15) is 0 Å². The SMILES string of the molecule is O=[C-]C(=O)O.[Pt]. The van der Waals surface area contributed by atoms with Crippen LogP contribution in [0.5, 0.6) is 0 Å². The molecule has 38 valence electrons. The van der Waals surface area contributed by atoms with E-state index in [1.807, 2.05) is 0 Å². The average molecular weight is 268 g/mol. The van der Waals surface area contributed by atoms with Gasteiger partial charge in [0.15, 0.2) is 5.97 Å². The molecule has 3 nitrogen and oxygen atoms in total. The smallest absolute Gasteiger partial charge is 0.180 e. The van der Waals surface area contributed by atoms with Gasteiger partial charge >= 0.3 is 0 Å². The van der Waals surface area contributed by atoms with Crippen LogP contribution in [0.15, 0.2) is 0 Å². The van der Waals surface area contributed by atoms with Crippen LogP contribution in [0.3, 0.4) is 0 Å². The van der Waals surface area contributed by atoms with Gasteiger partial charge in [0, 0.05) is 21.1 Å². The van der Waals surface area contributed by atoms with Gasteiger partial charge in [-0.1, -0.05) is 0 Å². The largest absolute Gasteiger partial charge is 0.531 e. The van der Waals surface area contributed by atoms with Crippen LogP contribution in [0, 0.1) is 0 Å². The zero-order chi connectivity index (χ0) is 4.28. The minimum absolute atomic E-state index is 0. The molecule has 0 atom stereocenters. The van der Waals surface area contributed by atoms with Gasteiger partial charge in [-0.2, -0.15) is 6.29 Å². The second-order valence-corrected chi connectivity index (χ2v) is 0.407. The molecule has 0 amide bonds. The van der Waals surface area contributed by atoms with E-state index in [9.17, 15) is 0 Å². The molecule has 0 heterocycles. The number of carboxylic acids is 1. The number of rotatable bonds is 1. The van der Waals surface area contributed by atoms with Crippen molar-refractivity contribution in [3.05, 3.63) is 0 Å². The van der Waals surface area contributed by atoms with E-state index in [1.54, 1.807) is 0 Å². The molecule has 0 aromatic carbocycles. The van der Waals surface area contributed by atoms with Crippen LogP contribution in [-0.4, -0.2) is 17.4 Å². The second-order valence-electron chi connectivity index (χ2n) is 0.407. The first kappa shape index (κ1) is 9.27. The van der Waals surface area contributed by atoms with Crippen molar-refractivity contribution in [1.82, 2.24) is 0 Å². The minimum atomic E-state index is -1.55. The zero-order valence-electron chi connectivity index (χ0n) is 2.58. The van der Waals surface area contributed by atoms with E-state index in [4.69, 9.17) is 14.7 Å². The first-order valence-corrected chi connectivity index (χ1v) is 0.882. The maximum Gasteiger partial charge on any atom is 0.180 e. The number of carbonyl (C=O) groups is 1. The van der Waals surface area contributed by atoms with Crippen molar-refractivity contribution in [2.75, 3.05) is 0 Å². The summed E-state index contributed by atoms with van der Waals surface area (Å²) < 4.78 is 0. The molecule has 0 fully saturated rings. The molecular weight excluding hydrogens is 267 g/mol. The number of carboxylic acid groups (broad SMARTS) is 1. The summed E-state index contributed by atoms with van der Waals surface area (Å²) in [7, 11) is 0. The van der Waals surface area contributed by atoms with Crippen molar-refractivity contribution in [2.24, 2.45) is 0 Å². The molecule has 0 spiro atoms. The maximum absolute atomic E-state index is 8.94. The molecule has 0 aromatic heterocycles. The Morgan fingerprint density at radius 1 is 1.67 bits per heavy atom. The average Bonchev–Trinajstić information content (AvgIpc) is 1.38. The zero-order valence-corrected chi connectivity index (χ0v) is 4.85. The van der Waals surface area contributed by atoms with Gasteiger partial charge < -0.3 is 9.90 Å². The summed E-state index contributed by atoms with van der Waals surface area (Å²) in [6, 6.07) is 0. The predicted molar refractivity (Wildman–Crippen MR) is 13.3 cm³/mol. The van der Waals surface area contributed by atoms with Gasteiger partial charge in [-0.05, 0) is 0 Å². The molecule has 0 aliphatic carbocycles. The second kappa shape index (κ2) is 4.83. The van der Waals surface area contributed by atoms with Crippen LogP contribution >= 0.6 is 0 Å². The van der Waals surface area contributed by atoms with Crippen molar-refractivity contribution >= 4 is 12.3 Å². The third-order valence-corrected chi connectivity index (χ3v) is 0.0873. The third-order valence-electron chi connectivity index (χ3n) is 0.0873. The van der Waals surface area contributed by atoms with Crippen LogP contribution in [-0.2, 0) is 30.7 Å². The molecule has 0 aliphatic rings. The van der Waals surface area contributed by atoms with Crippen molar-refractivity contribution in [3.8, 4) is 0 Å². The Morgan fingerprint density at radius 2 is 1.83 bits per heavy atom. The van der Waals surface area contributed by atoms with Crippen LogP contribution < -0.4 is 0 Å². The summed E-state index contributed by atoms with van der Waals surface area (Å²) in [5.41, 5.74) is 0. The molecule has 0 aliphatic heterocycles. The molecule has 0 saturated carbocycles.